The Morgan fingerprint density at radius 1 is 1.50 bits per heavy atom. The third-order valence-corrected chi connectivity index (χ3v) is 1.51. The zero-order valence-corrected chi connectivity index (χ0v) is 7.17. The minimum Gasteiger partial charge on any atom is -0.476 e. The zero-order valence-electron chi connectivity index (χ0n) is 7.17. The smallest absolute Gasteiger partial charge is 0.372 e. The Balaban J connectivity index is 3.18. The molecule has 0 radical (unpaired) electrons. The largest absolute Gasteiger partial charge is 0.476 e. The van der Waals surface area contributed by atoms with Crippen LogP contribution in [0.15, 0.2) is 18.9 Å². The molecule has 0 aliphatic carbocycles. The van der Waals surface area contributed by atoms with E-state index in [2.05, 4.69) is 11.6 Å². The number of rotatable bonds is 4. The first-order valence-electron chi connectivity index (χ1n) is 3.71. The lowest BCUT2D eigenvalue weighted by atomic mass is 10.5. The molecule has 74 valence electrons. The number of hydrogen-bond acceptors (Lipinski definition) is 3. The van der Waals surface area contributed by atoms with Crippen molar-refractivity contribution in [2.45, 2.75) is 6.54 Å². The highest BCUT2D eigenvalue weighted by Gasteiger charge is 2.17. The fraction of sp³-hybridized carbons (Fsp3) is 0.125. The van der Waals surface area contributed by atoms with Gasteiger partial charge in [-0.1, -0.05) is 6.08 Å². The average Bonchev–Trinajstić information content (AvgIpc) is 2.49. The molecule has 6 heteroatoms. The molecule has 0 fully saturated rings. The molecule has 0 saturated heterocycles. The number of hydrogen-bond donors (Lipinski definition) is 2. The van der Waals surface area contributed by atoms with Gasteiger partial charge in [-0.25, -0.2) is 14.6 Å². The Hall–Kier alpha value is -2.11. The molecular weight excluding hydrogens is 188 g/mol. The highest BCUT2D eigenvalue weighted by molar-refractivity contribution is 5.89. The average molecular weight is 196 g/mol. The van der Waals surface area contributed by atoms with Crippen molar-refractivity contribution in [3.05, 3.63) is 30.4 Å². The molecule has 6 nitrogen and oxygen atoms in total. The highest BCUT2D eigenvalue weighted by Crippen LogP contribution is 2.04. The summed E-state index contributed by atoms with van der Waals surface area (Å²) in [4.78, 5) is 24.6. The summed E-state index contributed by atoms with van der Waals surface area (Å²) in [7, 11) is 0. The molecule has 0 amide bonds. The van der Waals surface area contributed by atoms with Crippen molar-refractivity contribution in [2.75, 3.05) is 0 Å². The van der Waals surface area contributed by atoms with Crippen LogP contribution >= 0.6 is 0 Å². The van der Waals surface area contributed by atoms with Crippen molar-refractivity contribution in [2.24, 2.45) is 0 Å². The minimum absolute atomic E-state index is 0.210. The molecule has 0 saturated carbocycles. The molecule has 14 heavy (non-hydrogen) atoms. The lowest BCUT2D eigenvalue weighted by Gasteiger charge is -1.97. The Morgan fingerprint density at radius 3 is 2.57 bits per heavy atom. The molecule has 0 aliphatic heterocycles. The number of aromatic carboxylic acids is 2. The Morgan fingerprint density at radius 2 is 2.14 bits per heavy atom. The van der Waals surface area contributed by atoms with Crippen molar-refractivity contribution in [1.29, 1.82) is 0 Å². The predicted octanol–water partition coefficient (Wildman–Crippen LogP) is 0.465. The van der Waals surface area contributed by atoms with Gasteiger partial charge in [0.05, 0.1) is 0 Å². The van der Waals surface area contributed by atoms with Crippen LogP contribution in [0.2, 0.25) is 0 Å². The van der Waals surface area contributed by atoms with Crippen LogP contribution in [0.5, 0.6) is 0 Å². The molecule has 1 aromatic rings. The van der Waals surface area contributed by atoms with Gasteiger partial charge in [0.15, 0.2) is 5.69 Å². The normalized spacial score (nSPS) is 9.71. The summed E-state index contributed by atoms with van der Waals surface area (Å²) in [5.41, 5.74) is -0.288. The molecule has 0 unspecified atom stereocenters. The molecule has 0 atom stereocenters. The van der Waals surface area contributed by atoms with Gasteiger partial charge in [0.2, 0.25) is 5.82 Å². The third kappa shape index (κ3) is 1.79. The summed E-state index contributed by atoms with van der Waals surface area (Å²) in [6, 6.07) is 0. The number of imidazole rings is 1. The summed E-state index contributed by atoms with van der Waals surface area (Å²) in [6.45, 7) is 3.63. The molecule has 1 aromatic heterocycles. The van der Waals surface area contributed by atoms with E-state index in [4.69, 9.17) is 10.2 Å². The Bertz CT molecular complexity index is 394. The second-order valence-corrected chi connectivity index (χ2v) is 2.50. The van der Waals surface area contributed by atoms with E-state index in [1.165, 1.54) is 10.6 Å². The zero-order chi connectivity index (χ0) is 10.7. The van der Waals surface area contributed by atoms with Crippen LogP contribution in [0.25, 0.3) is 0 Å². The minimum atomic E-state index is -1.26. The molecule has 2 N–H and O–H groups in total. The first-order chi connectivity index (χ1) is 6.56. The van der Waals surface area contributed by atoms with Crippen molar-refractivity contribution in [3.63, 3.8) is 0 Å². The van der Waals surface area contributed by atoms with Gasteiger partial charge in [0.1, 0.15) is 0 Å². The Labute approximate surface area is 79.1 Å². The summed E-state index contributed by atoms with van der Waals surface area (Å²) < 4.78 is 1.21. The molecule has 1 rings (SSSR count). The molecule has 1 heterocycles. The maximum atomic E-state index is 10.6. The van der Waals surface area contributed by atoms with Crippen LogP contribution in [-0.4, -0.2) is 31.7 Å². The number of nitrogens with zero attached hydrogens (tertiary/aromatic N) is 2. The standard InChI is InChI=1S/C8H8N2O4/c1-2-3-10-4-5(7(11)12)9-6(10)8(13)14/h2,4H,1,3H2,(H,11,12)(H,13,14). The monoisotopic (exact) mass is 196 g/mol. The van der Waals surface area contributed by atoms with Crippen LogP contribution in [0.1, 0.15) is 21.1 Å². The predicted molar refractivity (Wildman–Crippen MR) is 46.3 cm³/mol. The summed E-state index contributed by atoms with van der Waals surface area (Å²) in [5, 5.41) is 17.3. The van der Waals surface area contributed by atoms with Crippen LogP contribution in [0.4, 0.5) is 0 Å². The first-order valence-corrected chi connectivity index (χ1v) is 3.71. The third-order valence-electron chi connectivity index (χ3n) is 1.51. The second-order valence-electron chi connectivity index (χ2n) is 2.50. The van der Waals surface area contributed by atoms with Crippen molar-refractivity contribution in [3.8, 4) is 0 Å². The highest BCUT2D eigenvalue weighted by atomic mass is 16.4. The summed E-state index contributed by atoms with van der Waals surface area (Å²) in [5.74, 6) is -2.82. The van der Waals surface area contributed by atoms with E-state index in [0.717, 1.165) is 6.20 Å². The van der Waals surface area contributed by atoms with Crippen LogP contribution < -0.4 is 0 Å². The maximum absolute atomic E-state index is 10.6. The number of carboxylic acids is 2. The van der Waals surface area contributed by atoms with E-state index in [1.807, 2.05) is 0 Å². The van der Waals surface area contributed by atoms with E-state index >= 15 is 0 Å². The van der Waals surface area contributed by atoms with E-state index < -0.39 is 11.9 Å². The van der Waals surface area contributed by atoms with Gasteiger partial charge in [-0.3, -0.25) is 0 Å². The second kappa shape index (κ2) is 3.73. The van der Waals surface area contributed by atoms with Crippen LogP contribution in [0.3, 0.4) is 0 Å². The maximum Gasteiger partial charge on any atom is 0.372 e. The number of carbonyl (C=O) groups is 2. The molecule has 0 bridgehead atoms. The first kappa shape index (κ1) is 9.97. The van der Waals surface area contributed by atoms with Crippen molar-refractivity contribution >= 4 is 11.9 Å². The van der Waals surface area contributed by atoms with E-state index in [9.17, 15) is 9.59 Å². The number of carboxylic acid groups (broad SMARTS) is 2. The Kier molecular flexibility index (Phi) is 2.66. The van der Waals surface area contributed by atoms with Gasteiger partial charge in [-0.15, -0.1) is 6.58 Å². The van der Waals surface area contributed by atoms with Gasteiger partial charge < -0.3 is 14.8 Å². The van der Waals surface area contributed by atoms with Crippen LogP contribution in [0, 0.1) is 0 Å². The molecular formula is C8H8N2O4. The SMILES string of the molecule is C=CCn1cc(C(=O)O)nc1C(=O)O. The lowest BCUT2D eigenvalue weighted by Crippen LogP contribution is -2.08. The number of aromatic nitrogens is 2. The van der Waals surface area contributed by atoms with E-state index in [-0.39, 0.29) is 18.1 Å². The topological polar surface area (TPSA) is 92.4 Å². The van der Waals surface area contributed by atoms with E-state index in [1.54, 1.807) is 0 Å². The summed E-state index contributed by atoms with van der Waals surface area (Å²) >= 11 is 0. The van der Waals surface area contributed by atoms with Gasteiger partial charge in [-0.2, -0.15) is 0 Å². The summed E-state index contributed by atoms with van der Waals surface area (Å²) in [6.07, 6.45) is 2.62. The molecule has 0 spiro atoms. The van der Waals surface area contributed by atoms with Gasteiger partial charge in [0.25, 0.3) is 0 Å². The quantitative estimate of drug-likeness (QED) is 0.682. The fourth-order valence-electron chi connectivity index (χ4n) is 0.968. The molecule has 0 aromatic carbocycles. The van der Waals surface area contributed by atoms with Crippen molar-refractivity contribution in [1.82, 2.24) is 9.55 Å². The van der Waals surface area contributed by atoms with Gasteiger partial charge in [0, 0.05) is 12.7 Å². The van der Waals surface area contributed by atoms with Gasteiger partial charge in [-0.05, 0) is 0 Å². The van der Waals surface area contributed by atoms with Gasteiger partial charge >= 0.3 is 11.9 Å². The number of allylic oxidation sites excluding steroid dienone is 1. The fourth-order valence-corrected chi connectivity index (χ4v) is 0.968. The van der Waals surface area contributed by atoms with E-state index in [0.29, 0.717) is 0 Å². The van der Waals surface area contributed by atoms with Crippen molar-refractivity contribution < 1.29 is 19.8 Å². The molecule has 0 aliphatic rings. The van der Waals surface area contributed by atoms with Crippen LogP contribution in [-0.2, 0) is 6.54 Å². The lowest BCUT2D eigenvalue weighted by molar-refractivity contribution is 0.0679.